The summed E-state index contributed by atoms with van der Waals surface area (Å²) in [4.78, 5) is 11.3. The molecule has 0 radical (unpaired) electrons. The molecule has 132 valence electrons. The maximum Gasteiger partial charge on any atom is 0.335 e. The van der Waals surface area contributed by atoms with Crippen molar-refractivity contribution in [1.82, 2.24) is 0 Å². The zero-order valence-corrected chi connectivity index (χ0v) is 14.3. The molecule has 0 aliphatic carbocycles. The highest BCUT2D eigenvalue weighted by Crippen LogP contribution is 2.38. The van der Waals surface area contributed by atoms with Gasteiger partial charge in [-0.25, -0.2) is 4.79 Å². The Bertz CT molecular complexity index is 1080. The second-order valence-corrected chi connectivity index (χ2v) is 6.44. The molecule has 3 rings (SSSR count). The van der Waals surface area contributed by atoms with Crippen LogP contribution in [-0.4, -0.2) is 19.8 Å². The fourth-order valence-electron chi connectivity index (χ4n) is 2.51. The van der Waals surface area contributed by atoms with Crippen LogP contribution in [0.3, 0.4) is 0 Å². The standard InChI is InChI=1S/C18H14N2O5S/c1-10-6-7-14(15(8-10)26(24)25)19-20-16-12-5-3-2-4-11(12)9-13(17(16)21)18(22)23/h2-9,21H,1H3,(H,22,23)(H,24,25)/p-2. The first-order chi connectivity index (χ1) is 12.4. The molecule has 8 heteroatoms. The number of nitrogens with zero attached hydrogens (tertiary/aromatic N) is 2. The Labute approximate surface area is 150 Å². The van der Waals surface area contributed by atoms with E-state index in [0.29, 0.717) is 10.8 Å². The third kappa shape index (κ3) is 3.32. The number of carbonyl (C=O) groups is 1. The first-order valence-electron chi connectivity index (χ1n) is 7.46. The Hall–Kier alpha value is -3.10. The first kappa shape index (κ1) is 17.7. The largest absolute Gasteiger partial charge is 0.870 e. The van der Waals surface area contributed by atoms with Crippen LogP contribution in [0.2, 0.25) is 0 Å². The predicted octanol–water partition coefficient (Wildman–Crippen LogP) is 3.57. The van der Waals surface area contributed by atoms with Crippen LogP contribution in [0.4, 0.5) is 11.4 Å². The molecule has 0 spiro atoms. The Morgan fingerprint density at radius 1 is 1.12 bits per heavy atom. The van der Waals surface area contributed by atoms with E-state index in [1.807, 2.05) is 0 Å². The Kier molecular flexibility index (Phi) is 4.79. The predicted molar refractivity (Wildman–Crippen MR) is 92.9 cm³/mol. The van der Waals surface area contributed by atoms with E-state index >= 15 is 0 Å². The van der Waals surface area contributed by atoms with Gasteiger partial charge in [0.2, 0.25) is 0 Å². The highest BCUT2D eigenvalue weighted by Gasteiger charge is 2.12. The van der Waals surface area contributed by atoms with Gasteiger partial charge in [0.25, 0.3) is 0 Å². The van der Waals surface area contributed by atoms with Gasteiger partial charge in [-0.15, -0.1) is 5.11 Å². The summed E-state index contributed by atoms with van der Waals surface area (Å²) in [5.41, 5.74) is 0.219. The average molecular weight is 368 g/mol. The molecule has 0 aliphatic rings. The summed E-state index contributed by atoms with van der Waals surface area (Å²) in [6.45, 7) is 1.73. The molecule has 0 aromatic heterocycles. The zero-order valence-electron chi connectivity index (χ0n) is 13.5. The second-order valence-electron chi connectivity index (χ2n) is 5.53. The number of carboxylic acid groups (broad SMARTS) is 1. The number of aromatic carboxylic acids is 1. The van der Waals surface area contributed by atoms with Crippen molar-refractivity contribution in [2.45, 2.75) is 11.8 Å². The van der Waals surface area contributed by atoms with E-state index in [1.54, 1.807) is 37.3 Å². The molecular formula is C18H12N2O5S-2. The van der Waals surface area contributed by atoms with Gasteiger partial charge in [-0.1, -0.05) is 36.1 Å². The molecule has 0 fully saturated rings. The molecule has 0 saturated heterocycles. The number of benzene rings is 3. The van der Waals surface area contributed by atoms with Crippen molar-refractivity contribution in [3.63, 3.8) is 0 Å². The third-order valence-electron chi connectivity index (χ3n) is 3.76. The highest BCUT2D eigenvalue weighted by molar-refractivity contribution is 7.79. The zero-order chi connectivity index (χ0) is 18.8. The summed E-state index contributed by atoms with van der Waals surface area (Å²) in [5, 5.41) is 30.4. The van der Waals surface area contributed by atoms with Crippen LogP contribution in [-0.2, 0) is 11.1 Å². The maximum absolute atomic E-state index is 12.5. The van der Waals surface area contributed by atoms with Gasteiger partial charge in [-0.3, -0.25) is 4.21 Å². The minimum absolute atomic E-state index is 0.0557. The minimum atomic E-state index is -2.53. The number of hydrogen-bond donors (Lipinski definition) is 1. The SMILES string of the molecule is Cc1ccc(N=Nc2c([O-])c(C(=O)O)cc3ccccc23)c(S(=O)[O-])c1. The summed E-state index contributed by atoms with van der Waals surface area (Å²) in [7, 11) is 0. The molecule has 0 saturated carbocycles. The van der Waals surface area contributed by atoms with Crippen LogP contribution in [0.1, 0.15) is 15.9 Å². The lowest BCUT2D eigenvalue weighted by Gasteiger charge is -2.16. The quantitative estimate of drug-likeness (QED) is 0.556. The van der Waals surface area contributed by atoms with Gasteiger partial charge in [0.1, 0.15) is 5.69 Å². The lowest BCUT2D eigenvalue weighted by Crippen LogP contribution is -2.04. The highest BCUT2D eigenvalue weighted by atomic mass is 32.2. The Balaban J connectivity index is 2.21. The summed E-state index contributed by atoms with van der Waals surface area (Å²) in [6, 6.07) is 12.5. The molecule has 1 N–H and O–H groups in total. The van der Waals surface area contributed by atoms with Gasteiger partial charge in [0, 0.05) is 5.39 Å². The van der Waals surface area contributed by atoms with Crippen molar-refractivity contribution in [1.29, 1.82) is 0 Å². The monoisotopic (exact) mass is 368 g/mol. The Morgan fingerprint density at radius 3 is 2.54 bits per heavy atom. The van der Waals surface area contributed by atoms with E-state index in [1.165, 1.54) is 18.2 Å². The summed E-state index contributed by atoms with van der Waals surface area (Å²) in [6.07, 6.45) is 0. The van der Waals surface area contributed by atoms with Crippen molar-refractivity contribution < 1.29 is 23.8 Å². The number of hydrogen-bond acceptors (Lipinski definition) is 6. The van der Waals surface area contributed by atoms with Crippen LogP contribution in [0.5, 0.6) is 5.75 Å². The van der Waals surface area contributed by atoms with Gasteiger partial charge in [0.15, 0.2) is 0 Å². The normalized spacial score (nSPS) is 12.5. The molecule has 0 bridgehead atoms. The van der Waals surface area contributed by atoms with Crippen molar-refractivity contribution in [3.05, 3.63) is 59.7 Å². The van der Waals surface area contributed by atoms with E-state index in [-0.39, 0.29) is 16.3 Å². The van der Waals surface area contributed by atoms with Gasteiger partial charge in [0.05, 0.1) is 16.1 Å². The fraction of sp³-hybridized carbons (Fsp3) is 0.0556. The molecule has 0 aliphatic heterocycles. The smallest absolute Gasteiger partial charge is 0.335 e. The molecule has 3 aromatic rings. The molecule has 3 aromatic carbocycles. The molecule has 26 heavy (non-hydrogen) atoms. The number of azo groups is 1. The second kappa shape index (κ2) is 7.03. The van der Waals surface area contributed by atoms with Crippen LogP contribution < -0.4 is 5.11 Å². The van der Waals surface area contributed by atoms with Gasteiger partial charge < -0.3 is 14.8 Å². The van der Waals surface area contributed by atoms with Crippen LogP contribution in [0.15, 0.2) is 63.7 Å². The summed E-state index contributed by atoms with van der Waals surface area (Å²) >= 11 is -2.53. The molecule has 1 atom stereocenters. The topological polar surface area (TPSA) is 125 Å². The molecule has 0 amide bonds. The van der Waals surface area contributed by atoms with Gasteiger partial charge in [-0.2, -0.15) is 5.11 Å². The van der Waals surface area contributed by atoms with Gasteiger partial charge >= 0.3 is 5.97 Å². The van der Waals surface area contributed by atoms with Crippen molar-refractivity contribution in [2.24, 2.45) is 10.2 Å². The van der Waals surface area contributed by atoms with Crippen molar-refractivity contribution >= 4 is 39.2 Å². The van der Waals surface area contributed by atoms with Crippen LogP contribution >= 0.6 is 0 Å². The van der Waals surface area contributed by atoms with Crippen LogP contribution in [0, 0.1) is 6.92 Å². The lowest BCUT2D eigenvalue weighted by molar-refractivity contribution is -0.267. The third-order valence-corrected chi connectivity index (χ3v) is 4.44. The van der Waals surface area contributed by atoms with E-state index in [4.69, 9.17) is 0 Å². The van der Waals surface area contributed by atoms with E-state index in [9.17, 15) is 23.8 Å². The molecular weight excluding hydrogens is 356 g/mol. The summed E-state index contributed by atoms with van der Waals surface area (Å²) in [5.74, 6) is -2.15. The number of rotatable bonds is 4. The molecule has 0 heterocycles. The Morgan fingerprint density at radius 2 is 1.85 bits per heavy atom. The summed E-state index contributed by atoms with van der Waals surface area (Å²) < 4.78 is 22.7. The number of carboxylic acids is 1. The number of aryl methyl sites for hydroxylation is 1. The average Bonchev–Trinajstić information content (AvgIpc) is 2.61. The number of fused-ring (bicyclic) bond motifs is 1. The van der Waals surface area contributed by atoms with Gasteiger partial charge in [-0.05, 0) is 47.2 Å². The van der Waals surface area contributed by atoms with E-state index < -0.39 is 28.4 Å². The van der Waals surface area contributed by atoms with Crippen molar-refractivity contribution in [3.8, 4) is 5.75 Å². The lowest BCUT2D eigenvalue weighted by atomic mass is 10.0. The molecule has 1 unspecified atom stereocenters. The maximum atomic E-state index is 12.5. The molecule has 7 nitrogen and oxygen atoms in total. The fourth-order valence-corrected chi connectivity index (χ4v) is 3.07. The van der Waals surface area contributed by atoms with E-state index in [2.05, 4.69) is 10.2 Å². The van der Waals surface area contributed by atoms with Crippen LogP contribution in [0.25, 0.3) is 10.8 Å². The van der Waals surface area contributed by atoms with E-state index in [0.717, 1.165) is 5.56 Å². The van der Waals surface area contributed by atoms with Crippen molar-refractivity contribution in [2.75, 3.05) is 0 Å². The minimum Gasteiger partial charge on any atom is -0.870 e. The first-order valence-corrected chi connectivity index (χ1v) is 8.53.